The zero-order valence-corrected chi connectivity index (χ0v) is 10.7. The lowest BCUT2D eigenvalue weighted by molar-refractivity contribution is 0.0640. The lowest BCUT2D eigenvalue weighted by Crippen LogP contribution is -2.39. The maximum Gasteiger partial charge on any atom is 0.244 e. The van der Waals surface area contributed by atoms with Crippen molar-refractivity contribution in [3.63, 3.8) is 0 Å². The number of rotatable bonds is 4. The molecular formula is C10H15FN2O3S. The van der Waals surface area contributed by atoms with E-state index in [4.69, 9.17) is 0 Å². The van der Waals surface area contributed by atoms with Crippen molar-refractivity contribution in [1.29, 1.82) is 0 Å². The molecule has 0 aromatic carbocycles. The number of hydrogen-bond donors (Lipinski definition) is 1. The average Bonchev–Trinajstić information content (AvgIpc) is 2.15. The van der Waals surface area contributed by atoms with Crippen LogP contribution in [-0.2, 0) is 10.0 Å². The number of sulfonamides is 1. The Balaban J connectivity index is 3.04. The molecule has 0 saturated heterocycles. The van der Waals surface area contributed by atoms with E-state index in [0.29, 0.717) is 0 Å². The number of nitrogens with zero attached hydrogens (tertiary/aromatic N) is 2. The van der Waals surface area contributed by atoms with Gasteiger partial charge in [-0.05, 0) is 19.9 Å². The number of pyridine rings is 1. The summed E-state index contributed by atoms with van der Waals surface area (Å²) in [5.74, 6) is -0.720. The standard InChI is InChI=1S/C10H15FN2O3S/c1-10(2,14)7-13(3)17(15,16)9-4-8(11)5-12-6-9/h4-6,14H,7H2,1-3H3. The molecule has 0 aliphatic heterocycles. The van der Waals surface area contributed by atoms with Gasteiger partial charge in [0.25, 0.3) is 0 Å². The summed E-state index contributed by atoms with van der Waals surface area (Å²) in [4.78, 5) is 3.25. The van der Waals surface area contributed by atoms with Crippen molar-refractivity contribution >= 4 is 10.0 Å². The SMILES string of the molecule is CN(CC(C)(C)O)S(=O)(=O)c1cncc(F)c1. The van der Waals surface area contributed by atoms with Crippen LogP contribution in [0.2, 0.25) is 0 Å². The first-order valence-electron chi connectivity index (χ1n) is 4.92. The van der Waals surface area contributed by atoms with Gasteiger partial charge in [0, 0.05) is 19.8 Å². The van der Waals surface area contributed by atoms with Crippen LogP contribution in [-0.4, -0.2) is 42.0 Å². The molecule has 17 heavy (non-hydrogen) atoms. The molecule has 0 spiro atoms. The van der Waals surface area contributed by atoms with E-state index in [1.165, 1.54) is 20.9 Å². The van der Waals surface area contributed by atoms with E-state index in [0.717, 1.165) is 22.8 Å². The second-order valence-electron chi connectivity index (χ2n) is 4.41. The van der Waals surface area contributed by atoms with Crippen LogP contribution >= 0.6 is 0 Å². The molecule has 0 radical (unpaired) electrons. The number of likely N-dealkylation sites (N-methyl/N-ethyl adjacent to an activating group) is 1. The van der Waals surface area contributed by atoms with Crippen LogP contribution in [0.3, 0.4) is 0 Å². The number of hydrogen-bond acceptors (Lipinski definition) is 4. The highest BCUT2D eigenvalue weighted by atomic mass is 32.2. The highest BCUT2D eigenvalue weighted by Gasteiger charge is 2.26. The fraction of sp³-hybridized carbons (Fsp3) is 0.500. The van der Waals surface area contributed by atoms with E-state index in [9.17, 15) is 17.9 Å². The van der Waals surface area contributed by atoms with Crippen LogP contribution in [0.5, 0.6) is 0 Å². The van der Waals surface area contributed by atoms with Crippen molar-refractivity contribution < 1.29 is 17.9 Å². The predicted molar refractivity (Wildman–Crippen MR) is 60.3 cm³/mol. The summed E-state index contributed by atoms with van der Waals surface area (Å²) < 4.78 is 37.8. The van der Waals surface area contributed by atoms with Gasteiger partial charge in [0.2, 0.25) is 10.0 Å². The van der Waals surface area contributed by atoms with Crippen molar-refractivity contribution in [2.45, 2.75) is 24.3 Å². The topological polar surface area (TPSA) is 70.5 Å². The maximum absolute atomic E-state index is 12.9. The van der Waals surface area contributed by atoms with Gasteiger partial charge in [-0.1, -0.05) is 0 Å². The van der Waals surface area contributed by atoms with E-state index in [1.807, 2.05) is 0 Å². The van der Waals surface area contributed by atoms with Gasteiger partial charge in [-0.15, -0.1) is 0 Å². The Bertz CT molecular complexity index is 497. The fourth-order valence-corrected chi connectivity index (χ4v) is 2.64. The number of aromatic nitrogens is 1. The van der Waals surface area contributed by atoms with Gasteiger partial charge >= 0.3 is 0 Å². The largest absolute Gasteiger partial charge is 0.389 e. The lowest BCUT2D eigenvalue weighted by atomic mass is 10.1. The van der Waals surface area contributed by atoms with Crippen molar-refractivity contribution in [2.75, 3.05) is 13.6 Å². The zero-order chi connectivity index (χ0) is 13.3. The second kappa shape index (κ2) is 4.67. The molecule has 0 saturated carbocycles. The van der Waals surface area contributed by atoms with Crippen molar-refractivity contribution in [2.24, 2.45) is 0 Å². The quantitative estimate of drug-likeness (QED) is 0.863. The van der Waals surface area contributed by atoms with Crippen LogP contribution in [0.25, 0.3) is 0 Å². The smallest absolute Gasteiger partial charge is 0.244 e. The first-order chi connectivity index (χ1) is 7.63. The molecule has 0 aliphatic carbocycles. The molecule has 0 amide bonds. The molecule has 1 N–H and O–H groups in total. The minimum Gasteiger partial charge on any atom is -0.389 e. The minimum atomic E-state index is -3.82. The first kappa shape index (κ1) is 14.0. The molecule has 7 heteroatoms. The van der Waals surface area contributed by atoms with Crippen molar-refractivity contribution in [3.8, 4) is 0 Å². The van der Waals surface area contributed by atoms with Crippen molar-refractivity contribution in [1.82, 2.24) is 9.29 Å². The Labute approximate surface area is 100.0 Å². The van der Waals surface area contributed by atoms with Gasteiger partial charge in [-0.3, -0.25) is 4.98 Å². The van der Waals surface area contributed by atoms with Crippen LogP contribution in [0.15, 0.2) is 23.4 Å². The van der Waals surface area contributed by atoms with Gasteiger partial charge in [0.1, 0.15) is 10.7 Å². The van der Waals surface area contributed by atoms with Gasteiger partial charge in [0.15, 0.2) is 0 Å². The molecule has 0 bridgehead atoms. The molecule has 1 aromatic heterocycles. The highest BCUT2D eigenvalue weighted by Crippen LogP contribution is 2.16. The van der Waals surface area contributed by atoms with Gasteiger partial charge in [-0.25, -0.2) is 12.8 Å². The molecule has 0 unspecified atom stereocenters. The van der Waals surface area contributed by atoms with E-state index >= 15 is 0 Å². The summed E-state index contributed by atoms with van der Waals surface area (Å²) in [6.07, 6.45) is 1.99. The van der Waals surface area contributed by atoms with E-state index < -0.39 is 21.4 Å². The predicted octanol–water partition coefficient (Wildman–Crippen LogP) is 0.612. The van der Waals surface area contributed by atoms with Crippen LogP contribution in [0.1, 0.15) is 13.8 Å². The molecule has 1 aromatic rings. The molecule has 0 fully saturated rings. The molecular weight excluding hydrogens is 247 g/mol. The summed E-state index contributed by atoms with van der Waals surface area (Å²) in [6, 6.07) is 0.892. The normalized spacial score (nSPS) is 13.1. The molecule has 5 nitrogen and oxygen atoms in total. The number of halogens is 1. The zero-order valence-electron chi connectivity index (χ0n) is 9.88. The Hall–Kier alpha value is -1.05. The van der Waals surface area contributed by atoms with Crippen LogP contribution in [0, 0.1) is 5.82 Å². The van der Waals surface area contributed by atoms with Gasteiger partial charge in [-0.2, -0.15) is 4.31 Å². The minimum absolute atomic E-state index is 0.0914. The highest BCUT2D eigenvalue weighted by molar-refractivity contribution is 7.89. The second-order valence-corrected chi connectivity index (χ2v) is 6.46. The monoisotopic (exact) mass is 262 g/mol. The molecule has 1 heterocycles. The van der Waals surface area contributed by atoms with Crippen LogP contribution < -0.4 is 0 Å². The molecule has 1 rings (SSSR count). The Morgan fingerprint density at radius 3 is 2.53 bits per heavy atom. The molecule has 0 aliphatic rings. The Morgan fingerprint density at radius 2 is 2.06 bits per heavy atom. The third kappa shape index (κ3) is 3.72. The van der Waals surface area contributed by atoms with E-state index in [1.54, 1.807) is 0 Å². The fourth-order valence-electron chi connectivity index (χ4n) is 1.34. The number of aliphatic hydroxyl groups is 1. The van der Waals surface area contributed by atoms with Gasteiger partial charge < -0.3 is 5.11 Å². The van der Waals surface area contributed by atoms with Crippen LogP contribution in [0.4, 0.5) is 4.39 Å². The van der Waals surface area contributed by atoms with Crippen molar-refractivity contribution in [3.05, 3.63) is 24.3 Å². The summed E-state index contributed by atoms with van der Waals surface area (Å²) in [5, 5.41) is 9.56. The van der Waals surface area contributed by atoms with E-state index in [-0.39, 0.29) is 11.4 Å². The molecule has 0 atom stereocenters. The lowest BCUT2D eigenvalue weighted by Gasteiger charge is -2.24. The third-order valence-electron chi connectivity index (χ3n) is 2.00. The summed E-state index contributed by atoms with van der Waals surface area (Å²) >= 11 is 0. The van der Waals surface area contributed by atoms with Gasteiger partial charge in [0.05, 0.1) is 11.8 Å². The average molecular weight is 262 g/mol. The maximum atomic E-state index is 12.9. The summed E-state index contributed by atoms with van der Waals surface area (Å²) in [6.45, 7) is 2.89. The molecule has 96 valence electrons. The Kier molecular flexibility index (Phi) is 3.85. The Morgan fingerprint density at radius 1 is 1.47 bits per heavy atom. The summed E-state index contributed by atoms with van der Waals surface area (Å²) in [7, 11) is -2.51. The van der Waals surface area contributed by atoms with E-state index in [2.05, 4.69) is 4.98 Å². The third-order valence-corrected chi connectivity index (χ3v) is 3.77. The first-order valence-corrected chi connectivity index (χ1v) is 6.36. The summed E-state index contributed by atoms with van der Waals surface area (Å²) in [5.41, 5.74) is -1.16.